The van der Waals surface area contributed by atoms with Gasteiger partial charge in [0, 0.05) is 12.8 Å². The van der Waals surface area contributed by atoms with Crippen molar-refractivity contribution in [2.24, 2.45) is 0 Å². The predicted octanol–water partition coefficient (Wildman–Crippen LogP) is 4.70. The van der Waals surface area contributed by atoms with Crippen LogP contribution in [0.15, 0.2) is 0 Å². The van der Waals surface area contributed by atoms with E-state index in [1.165, 1.54) is 32.1 Å². The van der Waals surface area contributed by atoms with Crippen molar-refractivity contribution in [2.75, 3.05) is 0 Å². The molecule has 0 radical (unpaired) electrons. The first-order chi connectivity index (χ1) is 10.1. The van der Waals surface area contributed by atoms with E-state index in [0.717, 1.165) is 25.7 Å². The maximum Gasteiger partial charge on any atom is 0.306 e. The number of unbranched alkanes of at least 4 members (excludes halogenated alkanes) is 7. The lowest BCUT2D eigenvalue weighted by molar-refractivity contribution is -0.148. The van der Waals surface area contributed by atoms with Gasteiger partial charge in [-0.1, -0.05) is 45.4 Å². The topological polar surface area (TPSA) is 63.6 Å². The molecule has 0 spiro atoms. The van der Waals surface area contributed by atoms with E-state index in [1.54, 1.807) is 0 Å². The third-order valence-corrected chi connectivity index (χ3v) is 3.57. The first-order valence-corrected chi connectivity index (χ1v) is 8.47. The number of rotatable bonds is 14. The van der Waals surface area contributed by atoms with Gasteiger partial charge in [0.2, 0.25) is 0 Å². The second-order valence-corrected chi connectivity index (χ2v) is 5.81. The van der Waals surface area contributed by atoms with Gasteiger partial charge in [0.25, 0.3) is 0 Å². The van der Waals surface area contributed by atoms with Gasteiger partial charge >= 0.3 is 11.9 Å². The molecule has 124 valence electrons. The number of carboxylic acid groups (broad SMARTS) is 1. The zero-order valence-electron chi connectivity index (χ0n) is 13.7. The molecule has 0 heterocycles. The number of carbonyl (C=O) groups excluding carboxylic acids is 1. The number of carbonyl (C=O) groups is 2. The number of hydrogen-bond acceptors (Lipinski definition) is 3. The summed E-state index contributed by atoms with van der Waals surface area (Å²) in [5.74, 6) is -0.922. The number of esters is 1. The average molecular weight is 300 g/mol. The van der Waals surface area contributed by atoms with Gasteiger partial charge in [0.15, 0.2) is 0 Å². The van der Waals surface area contributed by atoms with Crippen molar-refractivity contribution in [3.63, 3.8) is 0 Å². The van der Waals surface area contributed by atoms with Gasteiger partial charge in [-0.05, 0) is 32.6 Å². The molecule has 0 saturated heterocycles. The van der Waals surface area contributed by atoms with Gasteiger partial charge in [-0.15, -0.1) is 0 Å². The Labute approximate surface area is 129 Å². The van der Waals surface area contributed by atoms with E-state index >= 15 is 0 Å². The molecule has 0 aromatic rings. The second-order valence-electron chi connectivity index (χ2n) is 5.81. The third kappa shape index (κ3) is 15.2. The van der Waals surface area contributed by atoms with Gasteiger partial charge in [0.05, 0.1) is 6.10 Å². The molecule has 0 amide bonds. The van der Waals surface area contributed by atoms with Crippen LogP contribution in [0, 0.1) is 0 Å². The zero-order chi connectivity index (χ0) is 15.9. The molecule has 0 rings (SSSR count). The summed E-state index contributed by atoms with van der Waals surface area (Å²) in [5, 5.41) is 8.50. The molecular weight excluding hydrogens is 268 g/mol. The highest BCUT2D eigenvalue weighted by atomic mass is 16.5. The maximum atomic E-state index is 11.6. The van der Waals surface area contributed by atoms with Crippen LogP contribution in [0.2, 0.25) is 0 Å². The van der Waals surface area contributed by atoms with Gasteiger partial charge in [-0.3, -0.25) is 9.59 Å². The number of carboxylic acids is 1. The monoisotopic (exact) mass is 300 g/mol. The number of aliphatic carboxylic acids is 1. The minimum atomic E-state index is -0.773. The molecule has 0 saturated carbocycles. The summed E-state index contributed by atoms with van der Waals surface area (Å²) >= 11 is 0. The van der Waals surface area contributed by atoms with E-state index in [2.05, 4.69) is 6.92 Å². The Balaban J connectivity index is 3.41. The van der Waals surface area contributed by atoms with Gasteiger partial charge in [0.1, 0.15) is 0 Å². The Hall–Kier alpha value is -1.06. The van der Waals surface area contributed by atoms with Crippen molar-refractivity contribution < 1.29 is 19.4 Å². The Kier molecular flexibility index (Phi) is 13.2. The summed E-state index contributed by atoms with van der Waals surface area (Å²) in [5.41, 5.74) is 0. The molecule has 4 nitrogen and oxygen atoms in total. The molecule has 0 aliphatic carbocycles. The summed E-state index contributed by atoms with van der Waals surface area (Å²) in [4.78, 5) is 21.9. The van der Waals surface area contributed by atoms with Crippen molar-refractivity contribution in [1.29, 1.82) is 0 Å². The SMILES string of the molecule is CCCCCCCCC(C)OC(=O)CCCCCC(=O)O. The molecule has 0 aliphatic heterocycles. The number of hydrogen-bond donors (Lipinski definition) is 1. The molecule has 0 aromatic carbocycles. The summed E-state index contributed by atoms with van der Waals surface area (Å²) in [6, 6.07) is 0. The van der Waals surface area contributed by atoms with E-state index in [9.17, 15) is 9.59 Å². The lowest BCUT2D eigenvalue weighted by Gasteiger charge is -2.13. The molecule has 1 unspecified atom stereocenters. The maximum absolute atomic E-state index is 11.6. The quantitative estimate of drug-likeness (QED) is 0.373. The molecule has 4 heteroatoms. The summed E-state index contributed by atoms with van der Waals surface area (Å²) < 4.78 is 5.35. The van der Waals surface area contributed by atoms with Crippen LogP contribution in [0.4, 0.5) is 0 Å². The van der Waals surface area contributed by atoms with Crippen molar-refractivity contribution >= 4 is 11.9 Å². The van der Waals surface area contributed by atoms with E-state index < -0.39 is 5.97 Å². The first-order valence-electron chi connectivity index (χ1n) is 8.47. The summed E-state index contributed by atoms with van der Waals surface area (Å²) in [6.07, 6.45) is 11.2. The Morgan fingerprint density at radius 1 is 0.905 bits per heavy atom. The molecule has 1 atom stereocenters. The van der Waals surface area contributed by atoms with Crippen LogP contribution in [0.5, 0.6) is 0 Å². The lowest BCUT2D eigenvalue weighted by Crippen LogP contribution is -2.14. The molecule has 0 aliphatic rings. The third-order valence-electron chi connectivity index (χ3n) is 3.57. The molecule has 0 aromatic heterocycles. The molecular formula is C17H32O4. The van der Waals surface area contributed by atoms with Crippen LogP contribution < -0.4 is 0 Å². The number of ether oxygens (including phenoxy) is 1. The first kappa shape index (κ1) is 19.9. The minimum Gasteiger partial charge on any atom is -0.481 e. The highest BCUT2D eigenvalue weighted by molar-refractivity contribution is 5.69. The zero-order valence-corrected chi connectivity index (χ0v) is 13.7. The van der Waals surface area contributed by atoms with E-state index in [1.807, 2.05) is 6.92 Å². The highest BCUT2D eigenvalue weighted by Gasteiger charge is 2.09. The van der Waals surface area contributed by atoms with Gasteiger partial charge < -0.3 is 9.84 Å². The van der Waals surface area contributed by atoms with E-state index in [0.29, 0.717) is 12.8 Å². The van der Waals surface area contributed by atoms with Crippen molar-refractivity contribution in [3.8, 4) is 0 Å². The van der Waals surface area contributed by atoms with Gasteiger partial charge in [-0.2, -0.15) is 0 Å². The normalized spacial score (nSPS) is 12.1. The van der Waals surface area contributed by atoms with Crippen molar-refractivity contribution in [2.45, 2.75) is 97.0 Å². The van der Waals surface area contributed by atoms with E-state index in [4.69, 9.17) is 9.84 Å². The average Bonchev–Trinajstić information content (AvgIpc) is 2.42. The highest BCUT2D eigenvalue weighted by Crippen LogP contribution is 2.11. The van der Waals surface area contributed by atoms with Gasteiger partial charge in [-0.25, -0.2) is 0 Å². The Morgan fingerprint density at radius 3 is 2.14 bits per heavy atom. The Morgan fingerprint density at radius 2 is 1.48 bits per heavy atom. The summed E-state index contributed by atoms with van der Waals surface area (Å²) in [6.45, 7) is 4.16. The minimum absolute atomic E-state index is 0.00250. The molecule has 0 fully saturated rings. The van der Waals surface area contributed by atoms with Crippen molar-refractivity contribution in [3.05, 3.63) is 0 Å². The molecule has 1 N–H and O–H groups in total. The van der Waals surface area contributed by atoms with Crippen LogP contribution >= 0.6 is 0 Å². The molecule has 21 heavy (non-hydrogen) atoms. The standard InChI is InChI=1S/C17H32O4/c1-3-4-5-6-7-9-12-15(2)21-17(20)14-11-8-10-13-16(18)19/h15H,3-14H2,1-2H3,(H,18,19). The second kappa shape index (κ2) is 13.9. The summed E-state index contributed by atoms with van der Waals surface area (Å²) in [7, 11) is 0. The van der Waals surface area contributed by atoms with Crippen LogP contribution in [-0.4, -0.2) is 23.1 Å². The van der Waals surface area contributed by atoms with Crippen LogP contribution in [0.25, 0.3) is 0 Å². The van der Waals surface area contributed by atoms with Crippen LogP contribution in [0.1, 0.15) is 90.9 Å². The smallest absolute Gasteiger partial charge is 0.306 e. The van der Waals surface area contributed by atoms with Crippen molar-refractivity contribution in [1.82, 2.24) is 0 Å². The predicted molar refractivity (Wildman–Crippen MR) is 84.3 cm³/mol. The van der Waals surface area contributed by atoms with E-state index in [-0.39, 0.29) is 18.5 Å². The lowest BCUT2D eigenvalue weighted by atomic mass is 10.1. The van der Waals surface area contributed by atoms with Crippen LogP contribution in [-0.2, 0) is 14.3 Å². The fourth-order valence-electron chi connectivity index (χ4n) is 2.28. The molecule has 0 bridgehead atoms. The van der Waals surface area contributed by atoms with Crippen LogP contribution in [0.3, 0.4) is 0 Å². The fraction of sp³-hybridized carbons (Fsp3) is 0.882. The fourth-order valence-corrected chi connectivity index (χ4v) is 2.28. The largest absolute Gasteiger partial charge is 0.481 e. The Bertz CT molecular complexity index is 276.